The maximum atomic E-state index is 12.8. The molecule has 1 rings (SSSR count). The smallest absolute Gasteiger partial charge is 0.228 e. The second-order valence-corrected chi connectivity index (χ2v) is 7.22. The second-order valence-electron chi connectivity index (χ2n) is 7.22. The van der Waals surface area contributed by atoms with Gasteiger partial charge in [0.15, 0.2) is 0 Å². The van der Waals surface area contributed by atoms with Gasteiger partial charge in [0.1, 0.15) is 0 Å². The molecule has 1 amide bonds. The molecule has 0 spiro atoms. The number of benzene rings is 1. The van der Waals surface area contributed by atoms with Crippen LogP contribution < -0.4 is 10.6 Å². The van der Waals surface area contributed by atoms with Crippen LogP contribution in [0.15, 0.2) is 18.2 Å². The standard InChI is InChI=1S/C18H31N3O/c1-8-13(2)21(17(22)18(3,4)5)12-14-11-15(19)9-10-16(14)20(6)7/h9-11,13H,8,12,19H2,1-7H3. The number of nitrogen functional groups attached to an aromatic ring is 1. The normalized spacial score (nSPS) is 12.9. The first-order valence-corrected chi connectivity index (χ1v) is 7.94. The monoisotopic (exact) mass is 305 g/mol. The minimum Gasteiger partial charge on any atom is -0.399 e. The number of carbonyl (C=O) groups is 1. The van der Waals surface area contributed by atoms with E-state index < -0.39 is 0 Å². The molecule has 0 aliphatic carbocycles. The molecule has 1 unspecified atom stereocenters. The summed E-state index contributed by atoms with van der Waals surface area (Å²) in [7, 11) is 4.02. The average molecular weight is 305 g/mol. The van der Waals surface area contributed by atoms with Gasteiger partial charge < -0.3 is 15.5 Å². The summed E-state index contributed by atoms with van der Waals surface area (Å²) < 4.78 is 0. The Morgan fingerprint density at radius 3 is 2.32 bits per heavy atom. The molecule has 0 heterocycles. The van der Waals surface area contributed by atoms with Gasteiger partial charge in [-0.25, -0.2) is 0 Å². The van der Waals surface area contributed by atoms with E-state index in [0.717, 1.165) is 23.4 Å². The number of rotatable bonds is 5. The molecule has 22 heavy (non-hydrogen) atoms. The third-order valence-electron chi connectivity index (χ3n) is 3.95. The highest BCUT2D eigenvalue weighted by Gasteiger charge is 2.30. The van der Waals surface area contributed by atoms with Crippen molar-refractivity contribution >= 4 is 17.3 Å². The molecule has 0 saturated carbocycles. The van der Waals surface area contributed by atoms with E-state index in [1.165, 1.54) is 0 Å². The largest absolute Gasteiger partial charge is 0.399 e. The van der Waals surface area contributed by atoms with Gasteiger partial charge in [0.05, 0.1) is 0 Å². The van der Waals surface area contributed by atoms with E-state index in [4.69, 9.17) is 5.73 Å². The maximum absolute atomic E-state index is 12.8. The van der Waals surface area contributed by atoms with Gasteiger partial charge in [0.2, 0.25) is 5.91 Å². The predicted molar refractivity (Wildman–Crippen MR) is 94.9 cm³/mol. The van der Waals surface area contributed by atoms with Gasteiger partial charge >= 0.3 is 0 Å². The Hall–Kier alpha value is -1.71. The van der Waals surface area contributed by atoms with Crippen molar-refractivity contribution < 1.29 is 4.79 Å². The lowest BCUT2D eigenvalue weighted by atomic mass is 9.93. The van der Waals surface area contributed by atoms with Crippen LogP contribution in [0, 0.1) is 5.41 Å². The predicted octanol–water partition coefficient (Wildman–Crippen LogP) is 3.51. The van der Waals surface area contributed by atoms with Crippen LogP contribution in [-0.2, 0) is 11.3 Å². The van der Waals surface area contributed by atoms with Gasteiger partial charge in [-0.2, -0.15) is 0 Å². The Bertz CT molecular complexity index is 518. The Labute approximate surface area is 135 Å². The molecule has 1 aromatic rings. The molecule has 0 aliphatic rings. The van der Waals surface area contributed by atoms with Gasteiger partial charge in [-0.1, -0.05) is 27.7 Å². The maximum Gasteiger partial charge on any atom is 0.228 e. The molecule has 4 nitrogen and oxygen atoms in total. The van der Waals surface area contributed by atoms with E-state index >= 15 is 0 Å². The molecule has 0 bridgehead atoms. The van der Waals surface area contributed by atoms with E-state index in [1.54, 1.807) is 0 Å². The highest BCUT2D eigenvalue weighted by molar-refractivity contribution is 5.82. The van der Waals surface area contributed by atoms with Crippen molar-refractivity contribution in [2.75, 3.05) is 24.7 Å². The van der Waals surface area contributed by atoms with Gasteiger partial charge in [0, 0.05) is 43.5 Å². The Kier molecular flexibility index (Phi) is 5.86. The van der Waals surface area contributed by atoms with Crippen molar-refractivity contribution in [3.63, 3.8) is 0 Å². The summed E-state index contributed by atoms with van der Waals surface area (Å²) in [4.78, 5) is 16.9. The molecule has 2 N–H and O–H groups in total. The zero-order valence-corrected chi connectivity index (χ0v) is 15.1. The molecule has 0 radical (unpaired) electrons. The summed E-state index contributed by atoms with van der Waals surface area (Å²) in [6.07, 6.45) is 0.932. The van der Waals surface area contributed by atoms with Crippen molar-refractivity contribution in [2.45, 2.75) is 53.6 Å². The molecule has 0 aromatic heterocycles. The number of nitrogens with two attached hydrogens (primary N) is 1. The summed E-state index contributed by atoms with van der Waals surface area (Å²) in [5.41, 5.74) is 8.48. The van der Waals surface area contributed by atoms with Crippen LogP contribution in [0.3, 0.4) is 0 Å². The molecular weight excluding hydrogens is 274 g/mol. The van der Waals surface area contributed by atoms with Crippen LogP contribution in [0.5, 0.6) is 0 Å². The van der Waals surface area contributed by atoms with Crippen molar-refractivity contribution in [1.29, 1.82) is 0 Å². The van der Waals surface area contributed by atoms with Crippen LogP contribution in [0.1, 0.15) is 46.6 Å². The Morgan fingerprint density at radius 1 is 1.27 bits per heavy atom. The summed E-state index contributed by atoms with van der Waals surface area (Å²) in [5.74, 6) is 0.175. The van der Waals surface area contributed by atoms with E-state index in [9.17, 15) is 4.79 Å². The number of carbonyl (C=O) groups excluding carboxylic acids is 1. The zero-order chi connectivity index (χ0) is 17.1. The van der Waals surface area contributed by atoms with Crippen LogP contribution in [0.2, 0.25) is 0 Å². The summed E-state index contributed by atoms with van der Waals surface area (Å²) >= 11 is 0. The van der Waals surface area contributed by atoms with Gasteiger partial charge in [-0.05, 0) is 37.1 Å². The zero-order valence-electron chi connectivity index (χ0n) is 15.1. The summed E-state index contributed by atoms with van der Waals surface area (Å²) in [6, 6.07) is 6.09. The lowest BCUT2D eigenvalue weighted by Crippen LogP contribution is -2.44. The lowest BCUT2D eigenvalue weighted by Gasteiger charge is -2.35. The van der Waals surface area contributed by atoms with Crippen molar-refractivity contribution in [1.82, 2.24) is 4.90 Å². The highest BCUT2D eigenvalue weighted by atomic mass is 16.2. The van der Waals surface area contributed by atoms with Crippen molar-refractivity contribution in [2.24, 2.45) is 5.41 Å². The molecule has 4 heteroatoms. The van der Waals surface area contributed by atoms with E-state index in [-0.39, 0.29) is 17.4 Å². The van der Waals surface area contributed by atoms with Crippen LogP contribution >= 0.6 is 0 Å². The molecule has 1 aromatic carbocycles. The molecule has 1 atom stereocenters. The number of hydrogen-bond donors (Lipinski definition) is 1. The summed E-state index contributed by atoms with van der Waals surface area (Å²) in [5, 5.41) is 0. The van der Waals surface area contributed by atoms with Crippen molar-refractivity contribution in [3.05, 3.63) is 23.8 Å². The van der Waals surface area contributed by atoms with Crippen LogP contribution in [0.25, 0.3) is 0 Å². The minimum atomic E-state index is -0.387. The molecule has 0 fully saturated rings. The third-order valence-corrected chi connectivity index (χ3v) is 3.95. The number of hydrogen-bond acceptors (Lipinski definition) is 3. The van der Waals surface area contributed by atoms with E-state index in [2.05, 4.69) is 18.7 Å². The van der Waals surface area contributed by atoms with Gasteiger partial charge in [0.25, 0.3) is 0 Å². The lowest BCUT2D eigenvalue weighted by molar-refractivity contribution is -0.142. The van der Waals surface area contributed by atoms with Crippen LogP contribution in [0.4, 0.5) is 11.4 Å². The molecule has 0 aliphatic heterocycles. The molecular formula is C18H31N3O. The van der Waals surface area contributed by atoms with Crippen molar-refractivity contribution in [3.8, 4) is 0 Å². The first kappa shape index (κ1) is 18.3. The third kappa shape index (κ3) is 4.39. The SMILES string of the molecule is CCC(C)N(Cc1cc(N)ccc1N(C)C)C(=O)C(C)(C)C. The van der Waals surface area contributed by atoms with Crippen LogP contribution in [-0.4, -0.2) is 30.9 Å². The second kappa shape index (κ2) is 7.03. The molecule has 0 saturated heterocycles. The number of anilines is 2. The topological polar surface area (TPSA) is 49.6 Å². The first-order valence-electron chi connectivity index (χ1n) is 7.94. The minimum absolute atomic E-state index is 0.175. The molecule has 124 valence electrons. The average Bonchev–Trinajstić information content (AvgIpc) is 2.41. The van der Waals surface area contributed by atoms with Gasteiger partial charge in [-0.15, -0.1) is 0 Å². The van der Waals surface area contributed by atoms with E-state index in [0.29, 0.717) is 6.54 Å². The number of amides is 1. The fourth-order valence-corrected chi connectivity index (χ4v) is 2.43. The fraction of sp³-hybridized carbons (Fsp3) is 0.611. The quantitative estimate of drug-likeness (QED) is 0.847. The van der Waals surface area contributed by atoms with E-state index in [1.807, 2.05) is 58.0 Å². The first-order chi connectivity index (χ1) is 10.1. The highest BCUT2D eigenvalue weighted by Crippen LogP contribution is 2.27. The van der Waals surface area contributed by atoms with Gasteiger partial charge in [-0.3, -0.25) is 4.79 Å². The Balaban J connectivity index is 3.20. The number of nitrogens with zero attached hydrogens (tertiary/aromatic N) is 2. The Morgan fingerprint density at radius 2 is 1.86 bits per heavy atom. The fourth-order valence-electron chi connectivity index (χ4n) is 2.43. The summed E-state index contributed by atoms with van der Waals surface area (Å²) in [6.45, 7) is 10.7.